The van der Waals surface area contributed by atoms with E-state index in [9.17, 15) is 9.59 Å². The normalized spacial score (nSPS) is 13.9. The second-order valence-corrected chi connectivity index (χ2v) is 5.92. The highest BCUT2D eigenvalue weighted by Gasteiger charge is 2.14. The number of carboxylic acid groups (broad SMARTS) is 1. The highest BCUT2D eigenvalue weighted by molar-refractivity contribution is 6.07. The average molecular weight is 353 g/mol. The maximum atomic E-state index is 12.3. The topological polar surface area (TPSA) is 92.6 Å². The second-order valence-electron chi connectivity index (χ2n) is 5.92. The summed E-state index contributed by atoms with van der Waals surface area (Å²) in [6, 6.07) is 6.41. The zero-order valence-electron chi connectivity index (χ0n) is 14.2. The summed E-state index contributed by atoms with van der Waals surface area (Å²) >= 11 is 0. The van der Waals surface area contributed by atoms with Crippen molar-refractivity contribution >= 4 is 23.8 Å². The lowest BCUT2D eigenvalue weighted by atomic mass is 10.1. The largest absolute Gasteiger partial charge is 0.482 e. The van der Waals surface area contributed by atoms with Crippen molar-refractivity contribution in [3.8, 4) is 5.75 Å². The van der Waals surface area contributed by atoms with Gasteiger partial charge < -0.3 is 14.7 Å². The summed E-state index contributed by atoms with van der Waals surface area (Å²) in [5.41, 5.74) is 1.15. The molecule has 7 heteroatoms. The number of rotatable bonds is 7. The minimum absolute atomic E-state index is 0.214. The third-order valence-corrected chi connectivity index (χ3v) is 3.96. The standard InChI is InChI=1S/C19H19N3O4/c23-17(15-4-3-5-16(10-15)26-13-18(24)25)7-6-14-11-20-19(21-12-14)22-8-1-2-9-22/h3-7,10-12H,1-2,8-9,13H2,(H,24,25)/b7-6+. The number of carboxylic acids is 1. The highest BCUT2D eigenvalue weighted by atomic mass is 16.5. The van der Waals surface area contributed by atoms with E-state index >= 15 is 0 Å². The molecule has 0 spiro atoms. The first-order valence-corrected chi connectivity index (χ1v) is 8.36. The first kappa shape index (κ1) is 17.6. The van der Waals surface area contributed by atoms with Gasteiger partial charge in [-0.15, -0.1) is 0 Å². The van der Waals surface area contributed by atoms with Crippen LogP contribution in [0.15, 0.2) is 42.7 Å². The smallest absolute Gasteiger partial charge is 0.341 e. The van der Waals surface area contributed by atoms with Crippen molar-refractivity contribution < 1.29 is 19.4 Å². The molecule has 134 valence electrons. The fraction of sp³-hybridized carbons (Fsp3) is 0.263. The fourth-order valence-corrected chi connectivity index (χ4v) is 2.65. The number of benzene rings is 1. The molecule has 1 N–H and O–H groups in total. The number of hydrogen-bond acceptors (Lipinski definition) is 6. The predicted molar refractivity (Wildman–Crippen MR) is 96.4 cm³/mol. The van der Waals surface area contributed by atoms with E-state index in [2.05, 4.69) is 14.9 Å². The van der Waals surface area contributed by atoms with Gasteiger partial charge >= 0.3 is 5.97 Å². The third kappa shape index (κ3) is 4.66. The number of hydrogen-bond donors (Lipinski definition) is 1. The highest BCUT2D eigenvalue weighted by Crippen LogP contribution is 2.16. The van der Waals surface area contributed by atoms with Crippen LogP contribution in [0.25, 0.3) is 6.08 Å². The quantitative estimate of drug-likeness (QED) is 0.603. The van der Waals surface area contributed by atoms with E-state index in [-0.39, 0.29) is 5.78 Å². The lowest BCUT2D eigenvalue weighted by molar-refractivity contribution is -0.139. The number of anilines is 1. The van der Waals surface area contributed by atoms with Gasteiger partial charge in [0.05, 0.1) is 0 Å². The van der Waals surface area contributed by atoms with E-state index in [1.807, 2.05) is 0 Å². The maximum Gasteiger partial charge on any atom is 0.341 e. The number of carbonyl (C=O) groups is 2. The molecule has 1 aliphatic heterocycles. The van der Waals surface area contributed by atoms with Gasteiger partial charge in [-0.1, -0.05) is 12.1 Å². The van der Waals surface area contributed by atoms with Crippen LogP contribution in [0, 0.1) is 0 Å². The van der Waals surface area contributed by atoms with Gasteiger partial charge in [-0.05, 0) is 37.1 Å². The molecule has 26 heavy (non-hydrogen) atoms. The molecule has 1 fully saturated rings. The SMILES string of the molecule is O=C(O)COc1cccc(C(=O)/C=C/c2cnc(N3CCCC3)nc2)c1. The molecule has 0 unspecified atom stereocenters. The Morgan fingerprint density at radius 1 is 1.19 bits per heavy atom. The van der Waals surface area contributed by atoms with E-state index in [4.69, 9.17) is 9.84 Å². The Balaban J connectivity index is 1.63. The number of aromatic nitrogens is 2. The molecule has 0 radical (unpaired) electrons. The minimum atomic E-state index is -1.07. The van der Waals surface area contributed by atoms with Gasteiger partial charge in [0.1, 0.15) is 5.75 Å². The molecular formula is C19H19N3O4. The summed E-state index contributed by atoms with van der Waals surface area (Å²) < 4.78 is 5.08. The zero-order chi connectivity index (χ0) is 18.4. The van der Waals surface area contributed by atoms with Crippen LogP contribution in [0.5, 0.6) is 5.75 Å². The minimum Gasteiger partial charge on any atom is -0.482 e. The Kier molecular flexibility index (Phi) is 5.58. The van der Waals surface area contributed by atoms with Crippen molar-refractivity contribution in [2.75, 3.05) is 24.6 Å². The number of carbonyl (C=O) groups excluding carboxylic acids is 1. The summed E-state index contributed by atoms with van der Waals surface area (Å²) in [6.07, 6.45) is 8.79. The molecule has 1 aromatic heterocycles. The van der Waals surface area contributed by atoms with Gasteiger partial charge in [0.2, 0.25) is 5.95 Å². The Morgan fingerprint density at radius 3 is 2.62 bits per heavy atom. The number of nitrogens with zero attached hydrogens (tertiary/aromatic N) is 3. The molecule has 0 aliphatic carbocycles. The monoisotopic (exact) mass is 353 g/mol. The fourth-order valence-electron chi connectivity index (χ4n) is 2.65. The molecule has 7 nitrogen and oxygen atoms in total. The number of allylic oxidation sites excluding steroid dienone is 1. The van der Waals surface area contributed by atoms with Crippen LogP contribution >= 0.6 is 0 Å². The lowest BCUT2D eigenvalue weighted by Crippen LogP contribution is -2.20. The van der Waals surface area contributed by atoms with Crippen LogP contribution in [-0.4, -0.2) is 46.5 Å². The van der Waals surface area contributed by atoms with Gasteiger partial charge in [0.15, 0.2) is 12.4 Å². The summed E-state index contributed by atoms with van der Waals surface area (Å²) in [7, 11) is 0. The van der Waals surface area contributed by atoms with Crippen molar-refractivity contribution in [2.24, 2.45) is 0 Å². The van der Waals surface area contributed by atoms with E-state index in [0.29, 0.717) is 17.3 Å². The van der Waals surface area contributed by atoms with Crippen LogP contribution in [0.1, 0.15) is 28.8 Å². The Labute approximate surface area is 151 Å². The molecule has 1 aromatic carbocycles. The second kappa shape index (κ2) is 8.24. The first-order chi connectivity index (χ1) is 12.6. The van der Waals surface area contributed by atoms with Gasteiger partial charge in [-0.2, -0.15) is 0 Å². The molecule has 2 heterocycles. The van der Waals surface area contributed by atoms with E-state index in [1.165, 1.54) is 12.1 Å². The number of ether oxygens (including phenoxy) is 1. The van der Waals surface area contributed by atoms with Gasteiger partial charge in [-0.3, -0.25) is 4.79 Å². The van der Waals surface area contributed by atoms with Gasteiger partial charge in [0.25, 0.3) is 0 Å². The molecule has 1 aliphatic rings. The van der Waals surface area contributed by atoms with E-state index in [1.54, 1.807) is 36.7 Å². The average Bonchev–Trinajstić information content (AvgIpc) is 3.20. The Bertz CT molecular complexity index is 812. The van der Waals surface area contributed by atoms with Gasteiger partial charge in [0, 0.05) is 36.6 Å². The van der Waals surface area contributed by atoms with Crippen molar-refractivity contribution in [1.82, 2.24) is 9.97 Å². The van der Waals surface area contributed by atoms with E-state index < -0.39 is 12.6 Å². The zero-order valence-corrected chi connectivity index (χ0v) is 14.2. The number of aliphatic carboxylic acids is 1. The molecule has 2 aromatic rings. The lowest BCUT2D eigenvalue weighted by Gasteiger charge is -2.14. The Hall–Kier alpha value is -3.22. The van der Waals surface area contributed by atoms with Crippen molar-refractivity contribution in [3.63, 3.8) is 0 Å². The third-order valence-electron chi connectivity index (χ3n) is 3.96. The van der Waals surface area contributed by atoms with Crippen molar-refractivity contribution in [1.29, 1.82) is 0 Å². The molecule has 0 amide bonds. The summed E-state index contributed by atoms with van der Waals surface area (Å²) in [6.45, 7) is 1.51. The Morgan fingerprint density at radius 2 is 1.92 bits per heavy atom. The van der Waals surface area contributed by atoms with Crippen LogP contribution in [0.2, 0.25) is 0 Å². The maximum absolute atomic E-state index is 12.3. The van der Waals surface area contributed by atoms with Crippen LogP contribution in [-0.2, 0) is 4.79 Å². The van der Waals surface area contributed by atoms with E-state index in [0.717, 1.165) is 31.5 Å². The molecular weight excluding hydrogens is 334 g/mol. The van der Waals surface area contributed by atoms with Crippen LogP contribution in [0.3, 0.4) is 0 Å². The first-order valence-electron chi connectivity index (χ1n) is 8.36. The molecule has 0 bridgehead atoms. The summed E-state index contributed by atoms with van der Waals surface area (Å²) in [4.78, 5) is 33.6. The molecule has 3 rings (SSSR count). The predicted octanol–water partition coefficient (Wildman–Crippen LogP) is 2.44. The van der Waals surface area contributed by atoms with Crippen LogP contribution in [0.4, 0.5) is 5.95 Å². The van der Waals surface area contributed by atoms with Gasteiger partial charge in [-0.25, -0.2) is 14.8 Å². The van der Waals surface area contributed by atoms with Crippen molar-refractivity contribution in [2.45, 2.75) is 12.8 Å². The van der Waals surface area contributed by atoms with Crippen molar-refractivity contribution in [3.05, 3.63) is 53.9 Å². The molecule has 1 saturated heterocycles. The van der Waals surface area contributed by atoms with Crippen LogP contribution < -0.4 is 9.64 Å². The summed E-state index contributed by atoms with van der Waals surface area (Å²) in [5.74, 6) is -0.229. The number of ketones is 1. The summed E-state index contributed by atoms with van der Waals surface area (Å²) in [5, 5.41) is 8.63. The molecule has 0 saturated carbocycles. The molecule has 0 atom stereocenters.